The van der Waals surface area contributed by atoms with E-state index in [1.165, 1.54) is 0 Å². The van der Waals surface area contributed by atoms with Crippen molar-refractivity contribution >= 4 is 11.6 Å². The zero-order chi connectivity index (χ0) is 13.7. The molecule has 19 heavy (non-hydrogen) atoms. The van der Waals surface area contributed by atoms with E-state index in [0.717, 1.165) is 36.2 Å². The predicted molar refractivity (Wildman–Crippen MR) is 76.0 cm³/mol. The smallest absolute Gasteiger partial charge is 0.227 e. The number of nitrogens with zero attached hydrogens (tertiary/aromatic N) is 1. The Labute approximate surface area is 114 Å². The number of hydrogen-bond donors (Lipinski definition) is 1. The van der Waals surface area contributed by atoms with Crippen LogP contribution >= 0.6 is 0 Å². The molecule has 3 heteroatoms. The number of amides is 1. The molecule has 0 radical (unpaired) electrons. The zero-order valence-electron chi connectivity index (χ0n) is 11.3. The second kappa shape index (κ2) is 6.40. The largest absolute Gasteiger partial charge is 0.395 e. The number of aliphatic hydroxyl groups excluding tert-OH is 1. The fourth-order valence-corrected chi connectivity index (χ4v) is 2.33. The highest BCUT2D eigenvalue weighted by Crippen LogP contribution is 2.26. The van der Waals surface area contributed by atoms with Gasteiger partial charge in [0.05, 0.1) is 6.61 Å². The molecule has 3 nitrogen and oxygen atoms in total. The summed E-state index contributed by atoms with van der Waals surface area (Å²) >= 11 is 0. The van der Waals surface area contributed by atoms with Gasteiger partial charge in [-0.3, -0.25) is 4.79 Å². The molecule has 0 atom stereocenters. The molecule has 1 fully saturated rings. The molecule has 0 spiro atoms. The molecule has 0 unspecified atom stereocenters. The van der Waals surface area contributed by atoms with E-state index in [1.807, 2.05) is 23.1 Å². The SMILES string of the molecule is CCc1cc(C#CCCO)ccc1N1CCCC1=O. The zero-order valence-corrected chi connectivity index (χ0v) is 11.3. The van der Waals surface area contributed by atoms with E-state index in [-0.39, 0.29) is 12.5 Å². The van der Waals surface area contributed by atoms with Crippen LogP contribution in [0.3, 0.4) is 0 Å². The van der Waals surface area contributed by atoms with Crippen LogP contribution in [0.2, 0.25) is 0 Å². The lowest BCUT2D eigenvalue weighted by atomic mass is 10.1. The Morgan fingerprint density at radius 1 is 1.42 bits per heavy atom. The molecule has 1 aliphatic rings. The molecule has 0 saturated carbocycles. The molecule has 1 heterocycles. The number of anilines is 1. The highest BCUT2D eigenvalue weighted by Gasteiger charge is 2.23. The van der Waals surface area contributed by atoms with E-state index in [2.05, 4.69) is 18.8 Å². The van der Waals surface area contributed by atoms with Crippen molar-refractivity contribution in [2.75, 3.05) is 18.1 Å². The fourth-order valence-electron chi connectivity index (χ4n) is 2.33. The van der Waals surface area contributed by atoms with Gasteiger partial charge in [-0.05, 0) is 36.6 Å². The lowest BCUT2D eigenvalue weighted by Crippen LogP contribution is -2.24. The Balaban J connectivity index is 2.27. The van der Waals surface area contributed by atoms with Gasteiger partial charge in [0, 0.05) is 30.6 Å². The Bertz CT molecular complexity index is 525. The normalized spacial score (nSPS) is 14.4. The van der Waals surface area contributed by atoms with E-state index < -0.39 is 0 Å². The molecule has 2 rings (SSSR count). The number of aryl methyl sites for hydroxylation is 1. The molecule has 1 aliphatic heterocycles. The van der Waals surface area contributed by atoms with Crippen LogP contribution in [0.25, 0.3) is 0 Å². The molecule has 0 aromatic heterocycles. The second-order valence-electron chi connectivity index (χ2n) is 4.62. The Kier molecular flexibility index (Phi) is 4.59. The van der Waals surface area contributed by atoms with Crippen LogP contribution in [0.15, 0.2) is 18.2 Å². The van der Waals surface area contributed by atoms with Crippen LogP contribution in [-0.4, -0.2) is 24.2 Å². The Hall–Kier alpha value is -1.79. The highest BCUT2D eigenvalue weighted by molar-refractivity contribution is 5.96. The second-order valence-corrected chi connectivity index (χ2v) is 4.62. The van der Waals surface area contributed by atoms with E-state index in [0.29, 0.717) is 12.8 Å². The van der Waals surface area contributed by atoms with Gasteiger partial charge in [-0.1, -0.05) is 18.8 Å². The van der Waals surface area contributed by atoms with Crippen molar-refractivity contribution < 1.29 is 9.90 Å². The number of rotatable bonds is 3. The molecule has 100 valence electrons. The summed E-state index contributed by atoms with van der Waals surface area (Å²) in [7, 11) is 0. The average molecular weight is 257 g/mol. The summed E-state index contributed by atoms with van der Waals surface area (Å²) in [6.45, 7) is 3.00. The third-order valence-corrected chi connectivity index (χ3v) is 3.29. The fraction of sp³-hybridized carbons (Fsp3) is 0.438. The van der Waals surface area contributed by atoms with Crippen LogP contribution in [0.5, 0.6) is 0 Å². The molecule has 1 aromatic carbocycles. The maximum Gasteiger partial charge on any atom is 0.227 e. The minimum atomic E-state index is 0.0913. The van der Waals surface area contributed by atoms with Crippen molar-refractivity contribution in [1.82, 2.24) is 0 Å². The molecule has 1 N–H and O–H groups in total. The molecule has 0 aliphatic carbocycles. The quantitative estimate of drug-likeness (QED) is 0.843. The average Bonchev–Trinajstić information content (AvgIpc) is 2.85. The third-order valence-electron chi connectivity index (χ3n) is 3.29. The molecule has 1 aromatic rings. The molecular weight excluding hydrogens is 238 g/mol. The summed E-state index contributed by atoms with van der Waals surface area (Å²) < 4.78 is 0. The van der Waals surface area contributed by atoms with E-state index >= 15 is 0 Å². The standard InChI is InChI=1S/C16H19NO2/c1-2-14-12-13(6-3-4-11-18)8-9-15(14)17-10-5-7-16(17)19/h8-9,12,18H,2,4-5,7,10-11H2,1H3. The van der Waals surface area contributed by atoms with E-state index in [9.17, 15) is 4.79 Å². The first-order valence-electron chi connectivity index (χ1n) is 6.79. The number of hydrogen-bond acceptors (Lipinski definition) is 2. The number of aliphatic hydroxyl groups is 1. The van der Waals surface area contributed by atoms with Crippen LogP contribution in [0, 0.1) is 11.8 Å². The van der Waals surface area contributed by atoms with Gasteiger partial charge in [-0.2, -0.15) is 0 Å². The predicted octanol–water partition coefficient (Wildman–Crippen LogP) is 2.11. The first-order valence-corrected chi connectivity index (χ1v) is 6.79. The summed E-state index contributed by atoms with van der Waals surface area (Å²) in [4.78, 5) is 13.7. The Morgan fingerprint density at radius 3 is 2.89 bits per heavy atom. The third kappa shape index (κ3) is 3.15. The molecule has 1 saturated heterocycles. The van der Waals surface area contributed by atoms with Crippen molar-refractivity contribution in [1.29, 1.82) is 0 Å². The first-order chi connectivity index (χ1) is 9.26. The number of carbonyl (C=O) groups is 1. The first kappa shape index (κ1) is 13.6. The van der Waals surface area contributed by atoms with Crippen molar-refractivity contribution in [3.63, 3.8) is 0 Å². The number of benzene rings is 1. The van der Waals surface area contributed by atoms with Gasteiger partial charge in [0.25, 0.3) is 0 Å². The summed E-state index contributed by atoms with van der Waals surface area (Å²) in [5.74, 6) is 6.17. The molecule has 1 amide bonds. The lowest BCUT2D eigenvalue weighted by Gasteiger charge is -2.19. The molecular formula is C16H19NO2. The summed E-state index contributed by atoms with van der Waals surface area (Å²) in [6, 6.07) is 5.99. The van der Waals surface area contributed by atoms with Crippen LogP contribution < -0.4 is 4.90 Å². The monoisotopic (exact) mass is 257 g/mol. The van der Waals surface area contributed by atoms with Crippen molar-refractivity contribution in [3.8, 4) is 11.8 Å². The summed E-state index contributed by atoms with van der Waals surface area (Å²) in [6.07, 6.45) is 2.98. The van der Waals surface area contributed by atoms with Crippen LogP contribution in [0.1, 0.15) is 37.3 Å². The minimum Gasteiger partial charge on any atom is -0.395 e. The lowest BCUT2D eigenvalue weighted by molar-refractivity contribution is -0.117. The van der Waals surface area contributed by atoms with Gasteiger partial charge < -0.3 is 10.0 Å². The van der Waals surface area contributed by atoms with Gasteiger partial charge >= 0.3 is 0 Å². The van der Waals surface area contributed by atoms with E-state index in [1.54, 1.807) is 0 Å². The summed E-state index contributed by atoms with van der Waals surface area (Å²) in [5.41, 5.74) is 3.13. The van der Waals surface area contributed by atoms with Gasteiger partial charge in [-0.25, -0.2) is 0 Å². The van der Waals surface area contributed by atoms with Crippen molar-refractivity contribution in [3.05, 3.63) is 29.3 Å². The van der Waals surface area contributed by atoms with Gasteiger partial charge in [0.1, 0.15) is 0 Å². The van der Waals surface area contributed by atoms with Crippen LogP contribution in [-0.2, 0) is 11.2 Å². The van der Waals surface area contributed by atoms with Crippen molar-refractivity contribution in [2.24, 2.45) is 0 Å². The van der Waals surface area contributed by atoms with Gasteiger partial charge in [0.2, 0.25) is 5.91 Å². The van der Waals surface area contributed by atoms with E-state index in [4.69, 9.17) is 5.11 Å². The minimum absolute atomic E-state index is 0.0913. The van der Waals surface area contributed by atoms with Crippen molar-refractivity contribution in [2.45, 2.75) is 32.6 Å². The maximum atomic E-state index is 11.8. The van der Waals surface area contributed by atoms with Gasteiger partial charge in [0.15, 0.2) is 0 Å². The highest BCUT2D eigenvalue weighted by atomic mass is 16.2. The number of carbonyl (C=O) groups excluding carboxylic acids is 1. The van der Waals surface area contributed by atoms with Crippen LogP contribution in [0.4, 0.5) is 5.69 Å². The Morgan fingerprint density at radius 2 is 2.26 bits per heavy atom. The van der Waals surface area contributed by atoms with Gasteiger partial charge in [-0.15, -0.1) is 0 Å². The molecule has 0 bridgehead atoms. The maximum absolute atomic E-state index is 11.8. The topological polar surface area (TPSA) is 40.5 Å². The summed E-state index contributed by atoms with van der Waals surface area (Å²) in [5, 5.41) is 8.72.